The van der Waals surface area contributed by atoms with Gasteiger partial charge in [0.2, 0.25) is 17.7 Å². The smallest absolute Gasteiger partial charge is 0.257 e. The molecule has 0 saturated carbocycles. The second-order valence-electron chi connectivity index (χ2n) is 11.4. The Morgan fingerprint density at radius 3 is 1.79 bits per heavy atom. The molecule has 0 aliphatic carbocycles. The first-order chi connectivity index (χ1) is 20.3. The van der Waals surface area contributed by atoms with Gasteiger partial charge < -0.3 is 25.8 Å². The van der Waals surface area contributed by atoms with E-state index in [1.54, 1.807) is 24.3 Å². The Morgan fingerprint density at radius 1 is 0.767 bits per heavy atom. The van der Waals surface area contributed by atoms with Gasteiger partial charge in [0.15, 0.2) is 0 Å². The monoisotopic (exact) mass is 597 g/mol. The summed E-state index contributed by atoms with van der Waals surface area (Å²) in [7, 11) is 1.57. The fourth-order valence-electron chi connectivity index (χ4n) is 4.61. The second-order valence-corrected chi connectivity index (χ2v) is 11.4. The van der Waals surface area contributed by atoms with Gasteiger partial charge in [0.1, 0.15) is 17.8 Å². The number of carbonyl (C=O) groups excluding carboxylic acids is 4. The van der Waals surface area contributed by atoms with E-state index in [4.69, 9.17) is 4.74 Å². The van der Waals surface area contributed by atoms with E-state index in [2.05, 4.69) is 21.4 Å². The number of carbonyl (C=O) groups is 4. The molecule has 0 bridgehead atoms. The van der Waals surface area contributed by atoms with Crippen molar-refractivity contribution in [2.24, 2.45) is 11.8 Å². The van der Waals surface area contributed by atoms with Gasteiger partial charge in [0, 0.05) is 26.9 Å². The van der Waals surface area contributed by atoms with Gasteiger partial charge in [-0.15, -0.1) is 0 Å². The maximum Gasteiger partial charge on any atom is 0.257 e. The van der Waals surface area contributed by atoms with Crippen molar-refractivity contribution in [3.63, 3.8) is 0 Å². The molecule has 0 unspecified atom stereocenters. The zero-order valence-electron chi connectivity index (χ0n) is 26.2. The van der Waals surface area contributed by atoms with Gasteiger partial charge in [-0.2, -0.15) is 0 Å². The Kier molecular flexibility index (Phi) is 14.1. The quantitative estimate of drug-likeness (QED) is 0.186. The standard InChI is InChI=1S/C32H47N5O6/c1-20(2)29(33-22(5)38)31(41)35-27(17-24-11-9-8-10-12-24)28(40)19-37(18-25-13-15-26(43-7)16-14-25)36-32(42)30(21(3)4)34-23(6)39/h8-16,20-21,27-30,40H,17-19H2,1-7H3,(H,33,38)(H,34,39)(H,35,41)(H,36,42)/t27-,28-,29-,30-/m0/s1. The molecule has 0 fully saturated rings. The fourth-order valence-corrected chi connectivity index (χ4v) is 4.61. The predicted octanol–water partition coefficient (Wildman–Crippen LogP) is 1.94. The highest BCUT2D eigenvalue weighted by Crippen LogP contribution is 2.15. The highest BCUT2D eigenvalue weighted by Gasteiger charge is 2.31. The second kappa shape index (κ2) is 17.2. The van der Waals surface area contributed by atoms with Crippen molar-refractivity contribution in [1.82, 2.24) is 26.4 Å². The van der Waals surface area contributed by atoms with Crippen LogP contribution in [0.3, 0.4) is 0 Å². The Hall–Kier alpha value is -3.96. The third kappa shape index (κ3) is 12.0. The largest absolute Gasteiger partial charge is 0.497 e. The van der Waals surface area contributed by atoms with Gasteiger partial charge in [-0.1, -0.05) is 70.2 Å². The van der Waals surface area contributed by atoms with Crippen LogP contribution >= 0.6 is 0 Å². The number of hydrazine groups is 1. The molecular weight excluding hydrogens is 550 g/mol. The molecule has 2 aromatic carbocycles. The minimum Gasteiger partial charge on any atom is -0.497 e. The Balaban J connectivity index is 2.37. The molecule has 43 heavy (non-hydrogen) atoms. The topological polar surface area (TPSA) is 149 Å². The highest BCUT2D eigenvalue weighted by molar-refractivity contribution is 5.87. The first-order valence-corrected chi connectivity index (χ1v) is 14.6. The fraction of sp³-hybridized carbons (Fsp3) is 0.500. The van der Waals surface area contributed by atoms with Crippen molar-refractivity contribution >= 4 is 23.6 Å². The molecule has 2 rings (SSSR count). The molecule has 0 spiro atoms. The van der Waals surface area contributed by atoms with Crippen LogP contribution in [0.4, 0.5) is 0 Å². The van der Waals surface area contributed by atoms with Crippen LogP contribution < -0.4 is 26.1 Å². The molecule has 0 heterocycles. The van der Waals surface area contributed by atoms with Crippen LogP contribution in [0.1, 0.15) is 52.7 Å². The lowest BCUT2D eigenvalue weighted by molar-refractivity contribution is -0.134. The molecule has 2 aromatic rings. The first kappa shape index (κ1) is 35.2. The minimum absolute atomic E-state index is 0.0487. The van der Waals surface area contributed by atoms with Crippen LogP contribution in [-0.2, 0) is 32.1 Å². The summed E-state index contributed by atoms with van der Waals surface area (Å²) in [5.74, 6) is -1.22. The van der Waals surface area contributed by atoms with E-state index in [-0.39, 0.29) is 36.7 Å². The third-order valence-corrected chi connectivity index (χ3v) is 6.91. The number of aliphatic hydroxyl groups excluding tert-OH is 1. The average molecular weight is 598 g/mol. The summed E-state index contributed by atoms with van der Waals surface area (Å²) in [6.45, 7) is 10.2. The number of nitrogens with one attached hydrogen (secondary N) is 4. The van der Waals surface area contributed by atoms with E-state index in [0.29, 0.717) is 12.2 Å². The maximum atomic E-state index is 13.3. The predicted molar refractivity (Wildman–Crippen MR) is 165 cm³/mol. The number of hydrogen-bond acceptors (Lipinski definition) is 7. The number of hydrogen-bond donors (Lipinski definition) is 5. The van der Waals surface area contributed by atoms with Gasteiger partial charge in [-0.05, 0) is 41.5 Å². The Labute approximate surface area is 254 Å². The summed E-state index contributed by atoms with van der Waals surface area (Å²) < 4.78 is 5.25. The lowest BCUT2D eigenvalue weighted by Crippen LogP contribution is -2.59. The molecular formula is C32H47N5O6. The van der Waals surface area contributed by atoms with E-state index in [0.717, 1.165) is 11.1 Å². The van der Waals surface area contributed by atoms with Crippen LogP contribution in [0.15, 0.2) is 54.6 Å². The van der Waals surface area contributed by atoms with Crippen LogP contribution in [0.25, 0.3) is 0 Å². The molecule has 4 amide bonds. The van der Waals surface area contributed by atoms with Crippen LogP contribution in [-0.4, -0.2) is 71.6 Å². The van der Waals surface area contributed by atoms with Gasteiger partial charge in [0.25, 0.3) is 5.91 Å². The lowest BCUT2D eigenvalue weighted by atomic mass is 9.98. The number of amides is 4. The number of benzene rings is 2. The molecule has 4 atom stereocenters. The van der Waals surface area contributed by atoms with Crippen molar-refractivity contribution in [1.29, 1.82) is 0 Å². The molecule has 236 valence electrons. The number of aliphatic hydroxyl groups is 1. The molecule has 11 nitrogen and oxygen atoms in total. The summed E-state index contributed by atoms with van der Waals surface area (Å²) in [6, 6.07) is 14.4. The van der Waals surface area contributed by atoms with Gasteiger partial charge >= 0.3 is 0 Å². The van der Waals surface area contributed by atoms with Crippen LogP contribution in [0, 0.1) is 11.8 Å². The molecule has 0 radical (unpaired) electrons. The third-order valence-electron chi connectivity index (χ3n) is 6.91. The molecule has 0 aliphatic heterocycles. The Bertz CT molecular complexity index is 1190. The first-order valence-electron chi connectivity index (χ1n) is 14.6. The molecule has 0 aliphatic rings. The summed E-state index contributed by atoms with van der Waals surface area (Å²) >= 11 is 0. The molecule has 11 heteroatoms. The van der Waals surface area contributed by atoms with Crippen LogP contribution in [0.2, 0.25) is 0 Å². The number of nitrogens with zero attached hydrogens (tertiary/aromatic N) is 1. The van der Waals surface area contributed by atoms with Gasteiger partial charge in [-0.3, -0.25) is 24.6 Å². The van der Waals surface area contributed by atoms with E-state index in [1.165, 1.54) is 13.8 Å². The summed E-state index contributed by atoms with van der Waals surface area (Å²) in [5, 5.41) is 21.5. The van der Waals surface area contributed by atoms with E-state index < -0.39 is 36.0 Å². The molecule has 5 N–H and O–H groups in total. The summed E-state index contributed by atoms with van der Waals surface area (Å²) in [4.78, 5) is 50.2. The minimum atomic E-state index is -1.13. The number of ether oxygens (including phenoxy) is 1. The van der Waals surface area contributed by atoms with Gasteiger partial charge in [-0.25, -0.2) is 5.01 Å². The molecule has 0 saturated heterocycles. The number of methoxy groups -OCH3 is 1. The average Bonchev–Trinajstić information content (AvgIpc) is 2.94. The van der Waals surface area contributed by atoms with Crippen molar-refractivity contribution in [2.75, 3.05) is 13.7 Å². The summed E-state index contributed by atoms with van der Waals surface area (Å²) in [5.41, 5.74) is 4.60. The normalized spacial score (nSPS) is 14.0. The van der Waals surface area contributed by atoms with Crippen molar-refractivity contribution in [3.8, 4) is 5.75 Å². The Morgan fingerprint density at radius 2 is 1.30 bits per heavy atom. The van der Waals surface area contributed by atoms with Crippen LogP contribution in [0.5, 0.6) is 5.75 Å². The SMILES string of the molecule is COc1ccc(CN(C[C@H](O)[C@H](Cc2ccccc2)NC(=O)[C@@H](NC(C)=O)C(C)C)NC(=O)[C@@H](NC(C)=O)C(C)C)cc1. The van der Waals surface area contributed by atoms with E-state index >= 15 is 0 Å². The van der Waals surface area contributed by atoms with E-state index in [9.17, 15) is 24.3 Å². The maximum absolute atomic E-state index is 13.3. The number of rotatable bonds is 16. The van der Waals surface area contributed by atoms with Gasteiger partial charge in [0.05, 0.1) is 19.3 Å². The van der Waals surface area contributed by atoms with Crippen molar-refractivity contribution in [3.05, 3.63) is 65.7 Å². The zero-order valence-corrected chi connectivity index (χ0v) is 26.2. The van der Waals surface area contributed by atoms with Crippen molar-refractivity contribution in [2.45, 2.75) is 78.7 Å². The molecule has 0 aromatic heterocycles. The zero-order chi connectivity index (χ0) is 32.1. The lowest BCUT2D eigenvalue weighted by Gasteiger charge is -2.33. The van der Waals surface area contributed by atoms with Crippen molar-refractivity contribution < 1.29 is 29.0 Å². The highest BCUT2D eigenvalue weighted by atomic mass is 16.5. The summed E-state index contributed by atoms with van der Waals surface area (Å²) in [6.07, 6.45) is -0.824. The van der Waals surface area contributed by atoms with E-state index in [1.807, 2.05) is 70.2 Å².